The molecule has 6 nitrogen and oxygen atoms in total. The normalized spacial score (nSPS) is 14.1. The van der Waals surface area contributed by atoms with Gasteiger partial charge in [-0.1, -0.05) is 30.3 Å². The van der Waals surface area contributed by atoms with Crippen LogP contribution in [0.25, 0.3) is 33.0 Å². The molecule has 208 valence electrons. The molecule has 3 aromatic carbocycles. The molecule has 8 heteroatoms. The number of halogens is 2. The number of carbonyl (C=O) groups is 1. The summed E-state index contributed by atoms with van der Waals surface area (Å²) in [4.78, 5) is 26.5. The van der Waals surface area contributed by atoms with E-state index in [1.54, 1.807) is 57.2 Å². The van der Waals surface area contributed by atoms with E-state index in [2.05, 4.69) is 0 Å². The first kappa shape index (κ1) is 27.5. The van der Waals surface area contributed by atoms with Gasteiger partial charge < -0.3 is 19.1 Å². The number of carboxylic acid groups (broad SMARTS) is 1. The summed E-state index contributed by atoms with van der Waals surface area (Å²) in [6.07, 6.45) is -0.212. The van der Waals surface area contributed by atoms with Crippen molar-refractivity contribution in [3.05, 3.63) is 87.3 Å². The number of hydrogen-bond acceptors (Lipinski definition) is 4. The van der Waals surface area contributed by atoms with Crippen molar-refractivity contribution in [1.82, 2.24) is 4.57 Å². The van der Waals surface area contributed by atoms with Crippen LogP contribution >= 0.6 is 0 Å². The molecule has 0 fully saturated rings. The van der Waals surface area contributed by atoms with Crippen molar-refractivity contribution < 1.29 is 28.2 Å². The zero-order valence-electron chi connectivity index (χ0n) is 23.1. The van der Waals surface area contributed by atoms with Crippen LogP contribution in [0.2, 0.25) is 0 Å². The van der Waals surface area contributed by atoms with Crippen LogP contribution in [-0.4, -0.2) is 27.9 Å². The Bertz CT molecular complexity index is 1720. The monoisotopic (exact) mass is 547 g/mol. The minimum Gasteiger partial charge on any atom is -0.490 e. The van der Waals surface area contributed by atoms with Gasteiger partial charge >= 0.3 is 5.97 Å². The molecule has 5 rings (SSSR count). The fraction of sp³-hybridized carbons (Fsp3) is 0.312. The van der Waals surface area contributed by atoms with Crippen LogP contribution in [0.15, 0.2) is 53.3 Å². The lowest BCUT2D eigenvalue weighted by molar-refractivity contribution is -0.161. The molecule has 0 spiro atoms. The molecule has 1 aromatic heterocycles. The van der Waals surface area contributed by atoms with Gasteiger partial charge in [0.15, 0.2) is 17.7 Å². The van der Waals surface area contributed by atoms with Crippen LogP contribution in [0.4, 0.5) is 8.78 Å². The Hall–Kier alpha value is -4.04. The Morgan fingerprint density at radius 2 is 1.77 bits per heavy atom. The quantitative estimate of drug-likeness (QED) is 0.300. The molecule has 1 atom stereocenters. The van der Waals surface area contributed by atoms with Crippen LogP contribution in [-0.2, 0) is 23.0 Å². The topological polar surface area (TPSA) is 77.8 Å². The molecule has 2 heterocycles. The average molecular weight is 548 g/mol. The largest absolute Gasteiger partial charge is 0.490 e. The number of fused-ring (bicyclic) bond motifs is 2. The van der Waals surface area contributed by atoms with Crippen molar-refractivity contribution in [3.63, 3.8) is 0 Å². The Kier molecular flexibility index (Phi) is 7.00. The molecule has 0 radical (unpaired) electrons. The number of hydrogen-bond donors (Lipinski definition) is 1. The van der Waals surface area contributed by atoms with Gasteiger partial charge in [0.05, 0.1) is 17.9 Å². The smallest absolute Gasteiger partial charge is 0.339 e. The van der Waals surface area contributed by atoms with Gasteiger partial charge in [0.1, 0.15) is 5.82 Å². The third kappa shape index (κ3) is 4.77. The Labute approximate surface area is 230 Å². The summed E-state index contributed by atoms with van der Waals surface area (Å²) in [7, 11) is 1.48. The van der Waals surface area contributed by atoms with E-state index in [9.17, 15) is 19.1 Å². The first-order chi connectivity index (χ1) is 18.9. The highest BCUT2D eigenvalue weighted by Gasteiger charge is 2.34. The minimum absolute atomic E-state index is 0.0951. The zero-order chi connectivity index (χ0) is 28.9. The van der Waals surface area contributed by atoms with Crippen molar-refractivity contribution >= 4 is 16.7 Å². The standard InChI is InChI=1S/C32H31F2NO5/c1-17-19-10-8-14-39-28(19)25(34)16-22(17)26-21-13-12-18(20-9-6-7-11-24(20)33)15-23(21)30(36)35(5)27(26)29(31(37)38)40-32(2,3)4/h6-7,9,11-13,15-16,29H,8,10,14H2,1-5H3,(H,37,38)/t29-/m0/s1. The molecule has 0 saturated carbocycles. The molecule has 4 aromatic rings. The first-order valence-corrected chi connectivity index (χ1v) is 13.2. The predicted molar refractivity (Wildman–Crippen MR) is 150 cm³/mol. The van der Waals surface area contributed by atoms with E-state index in [1.165, 1.54) is 23.7 Å². The van der Waals surface area contributed by atoms with Gasteiger partial charge in [-0.05, 0) is 80.8 Å². The molecule has 0 unspecified atom stereocenters. The number of carboxylic acids is 1. The average Bonchev–Trinajstić information content (AvgIpc) is 2.91. The second-order valence-electron chi connectivity index (χ2n) is 11.1. The van der Waals surface area contributed by atoms with E-state index in [1.807, 2.05) is 6.92 Å². The highest BCUT2D eigenvalue weighted by molar-refractivity contribution is 6.01. The molecule has 0 saturated heterocycles. The van der Waals surface area contributed by atoms with Crippen LogP contribution in [0.5, 0.6) is 5.75 Å². The van der Waals surface area contributed by atoms with Gasteiger partial charge in [-0.3, -0.25) is 4.79 Å². The maximum absolute atomic E-state index is 15.5. The van der Waals surface area contributed by atoms with Gasteiger partial charge in [-0.15, -0.1) is 0 Å². The number of pyridine rings is 1. The maximum Gasteiger partial charge on any atom is 0.339 e. The van der Waals surface area contributed by atoms with E-state index >= 15 is 4.39 Å². The molecule has 1 aliphatic heterocycles. The molecule has 0 aliphatic carbocycles. The van der Waals surface area contributed by atoms with Crippen LogP contribution in [0.1, 0.15) is 50.1 Å². The van der Waals surface area contributed by atoms with E-state index in [-0.39, 0.29) is 16.8 Å². The van der Waals surface area contributed by atoms with Gasteiger partial charge in [0.25, 0.3) is 5.56 Å². The molecular weight excluding hydrogens is 516 g/mol. The number of aliphatic carboxylic acids is 1. The zero-order valence-corrected chi connectivity index (χ0v) is 23.1. The molecule has 0 amide bonds. The van der Waals surface area contributed by atoms with E-state index in [4.69, 9.17) is 9.47 Å². The fourth-order valence-corrected chi connectivity index (χ4v) is 5.48. The number of ether oxygens (including phenoxy) is 2. The number of aromatic nitrogens is 1. The summed E-state index contributed by atoms with van der Waals surface area (Å²) >= 11 is 0. The van der Waals surface area contributed by atoms with Crippen molar-refractivity contribution in [3.8, 4) is 28.0 Å². The van der Waals surface area contributed by atoms with Crippen LogP contribution in [0.3, 0.4) is 0 Å². The SMILES string of the molecule is Cc1c(-c2c([C@H](OC(C)(C)C)C(=O)O)n(C)c(=O)c3cc(-c4ccccc4F)ccc23)cc(F)c2c1CCCO2. The molecule has 1 N–H and O–H groups in total. The second kappa shape index (κ2) is 10.2. The van der Waals surface area contributed by atoms with Gasteiger partial charge in [-0.25, -0.2) is 13.6 Å². The summed E-state index contributed by atoms with van der Waals surface area (Å²) in [5, 5.41) is 11.0. The minimum atomic E-state index is -1.53. The summed E-state index contributed by atoms with van der Waals surface area (Å²) < 4.78 is 43.0. The summed E-state index contributed by atoms with van der Waals surface area (Å²) in [6.45, 7) is 7.43. The van der Waals surface area contributed by atoms with Crippen molar-refractivity contribution in [2.24, 2.45) is 7.05 Å². The number of nitrogens with zero attached hydrogens (tertiary/aromatic N) is 1. The highest BCUT2D eigenvalue weighted by atomic mass is 19.1. The first-order valence-electron chi connectivity index (χ1n) is 13.2. The van der Waals surface area contributed by atoms with Gasteiger partial charge in [-0.2, -0.15) is 0 Å². The second-order valence-corrected chi connectivity index (χ2v) is 11.1. The van der Waals surface area contributed by atoms with Crippen molar-refractivity contribution in [2.45, 2.75) is 52.2 Å². The Balaban J connectivity index is 1.91. The lowest BCUT2D eigenvalue weighted by atomic mass is 9.87. The molecule has 1 aliphatic rings. The number of benzene rings is 3. The van der Waals surface area contributed by atoms with Gasteiger partial charge in [0.2, 0.25) is 0 Å². The lowest BCUT2D eigenvalue weighted by Crippen LogP contribution is -2.33. The molecule has 40 heavy (non-hydrogen) atoms. The molecular formula is C32H31F2NO5. The van der Waals surface area contributed by atoms with Crippen molar-refractivity contribution in [1.29, 1.82) is 0 Å². The van der Waals surface area contributed by atoms with E-state index in [0.29, 0.717) is 52.7 Å². The lowest BCUT2D eigenvalue weighted by Gasteiger charge is -2.29. The third-order valence-electron chi connectivity index (χ3n) is 7.28. The highest BCUT2D eigenvalue weighted by Crippen LogP contribution is 2.43. The summed E-state index contributed by atoms with van der Waals surface area (Å²) in [6, 6.07) is 12.5. The van der Waals surface area contributed by atoms with Crippen molar-refractivity contribution in [2.75, 3.05) is 6.61 Å². The van der Waals surface area contributed by atoms with E-state index < -0.39 is 34.9 Å². The van der Waals surface area contributed by atoms with Gasteiger partial charge in [0, 0.05) is 29.1 Å². The number of rotatable bonds is 5. The third-order valence-corrected chi connectivity index (χ3v) is 7.28. The predicted octanol–water partition coefficient (Wildman–Crippen LogP) is 6.72. The fourth-order valence-electron chi connectivity index (χ4n) is 5.48. The maximum atomic E-state index is 15.5. The van der Waals surface area contributed by atoms with E-state index in [0.717, 1.165) is 5.56 Å². The van der Waals surface area contributed by atoms with Crippen LogP contribution < -0.4 is 10.3 Å². The Morgan fingerprint density at radius 3 is 2.45 bits per heavy atom. The summed E-state index contributed by atoms with van der Waals surface area (Å²) in [5.41, 5.74) is 1.82. The Morgan fingerprint density at radius 1 is 1.05 bits per heavy atom. The van der Waals surface area contributed by atoms with Crippen LogP contribution in [0, 0.1) is 18.6 Å². The summed E-state index contributed by atoms with van der Waals surface area (Å²) in [5.74, 6) is -2.08. The molecule has 0 bridgehead atoms.